The molecule has 0 spiro atoms. The number of hydrogen-bond donors (Lipinski definition) is 0. The van der Waals surface area contributed by atoms with Gasteiger partial charge >= 0.3 is 0 Å². The Morgan fingerprint density at radius 2 is 1.94 bits per heavy atom. The second-order valence-electron chi connectivity index (χ2n) is 4.68. The second kappa shape index (κ2) is 3.88. The van der Waals surface area contributed by atoms with Crippen LogP contribution in [-0.4, -0.2) is 23.3 Å². The van der Waals surface area contributed by atoms with Crippen molar-refractivity contribution in [3.8, 4) is 0 Å². The summed E-state index contributed by atoms with van der Waals surface area (Å²) in [7, 11) is 0. The Bertz CT molecular complexity index is 523. The lowest BCUT2D eigenvalue weighted by molar-refractivity contribution is 0.575. The summed E-state index contributed by atoms with van der Waals surface area (Å²) in [5.74, 6) is 1.10. The van der Waals surface area contributed by atoms with E-state index in [1.165, 1.54) is 16.8 Å². The van der Waals surface area contributed by atoms with Gasteiger partial charge in [-0.15, -0.1) is 0 Å². The van der Waals surface area contributed by atoms with Gasteiger partial charge in [-0.3, -0.25) is 4.99 Å². The van der Waals surface area contributed by atoms with Crippen molar-refractivity contribution in [3.05, 3.63) is 53.6 Å². The predicted octanol–water partition coefficient (Wildman–Crippen LogP) is 3.09. The number of rotatable bonds is 1. The van der Waals surface area contributed by atoms with Crippen LogP contribution in [0.1, 0.15) is 19.4 Å². The van der Waals surface area contributed by atoms with Crippen molar-refractivity contribution in [1.29, 1.82) is 0 Å². The van der Waals surface area contributed by atoms with E-state index < -0.39 is 0 Å². The van der Waals surface area contributed by atoms with Gasteiger partial charge in [0.2, 0.25) is 0 Å². The Kier molecular flexibility index (Phi) is 2.36. The molecule has 1 aromatic carbocycles. The van der Waals surface area contributed by atoms with E-state index in [9.17, 15) is 0 Å². The first-order chi connectivity index (χ1) is 8.25. The zero-order chi connectivity index (χ0) is 11.8. The molecule has 2 heterocycles. The number of aliphatic imine (C=N–C) groups is 1. The molecule has 17 heavy (non-hydrogen) atoms. The SMILES string of the molecule is CC1=C(c2ccccc2)N2CC(C)N=C2C=C1. The van der Waals surface area contributed by atoms with Crippen LogP contribution in [0.2, 0.25) is 0 Å². The van der Waals surface area contributed by atoms with Gasteiger partial charge in [-0.1, -0.05) is 36.4 Å². The molecule has 1 aromatic rings. The van der Waals surface area contributed by atoms with Crippen molar-refractivity contribution in [3.63, 3.8) is 0 Å². The minimum absolute atomic E-state index is 0.388. The third kappa shape index (κ3) is 1.70. The Hall–Kier alpha value is -1.83. The quantitative estimate of drug-likeness (QED) is 0.715. The maximum absolute atomic E-state index is 4.64. The summed E-state index contributed by atoms with van der Waals surface area (Å²) < 4.78 is 0. The summed E-state index contributed by atoms with van der Waals surface area (Å²) in [5.41, 5.74) is 3.89. The van der Waals surface area contributed by atoms with Crippen molar-refractivity contribution in [2.45, 2.75) is 19.9 Å². The van der Waals surface area contributed by atoms with Crippen LogP contribution >= 0.6 is 0 Å². The number of amidine groups is 1. The smallest absolute Gasteiger partial charge is 0.128 e. The van der Waals surface area contributed by atoms with Crippen molar-refractivity contribution in [2.75, 3.05) is 6.54 Å². The summed E-state index contributed by atoms with van der Waals surface area (Å²) in [4.78, 5) is 6.97. The number of fused-ring (bicyclic) bond motifs is 1. The fourth-order valence-corrected chi connectivity index (χ4v) is 2.50. The number of benzene rings is 1. The van der Waals surface area contributed by atoms with Gasteiger partial charge in [0, 0.05) is 6.54 Å². The van der Waals surface area contributed by atoms with Gasteiger partial charge in [-0.25, -0.2) is 0 Å². The maximum Gasteiger partial charge on any atom is 0.128 e. The fraction of sp³-hybridized carbons (Fsp3) is 0.267. The molecule has 0 aromatic heterocycles. The molecular formula is C15H16N2. The van der Waals surface area contributed by atoms with Gasteiger partial charge in [-0.2, -0.15) is 0 Å². The molecule has 1 atom stereocenters. The Labute approximate surface area is 102 Å². The van der Waals surface area contributed by atoms with Crippen LogP contribution in [-0.2, 0) is 0 Å². The highest BCUT2D eigenvalue weighted by Crippen LogP contribution is 2.30. The average molecular weight is 224 g/mol. The van der Waals surface area contributed by atoms with Crippen LogP contribution in [0, 0.1) is 0 Å². The highest BCUT2D eigenvalue weighted by molar-refractivity contribution is 6.03. The summed E-state index contributed by atoms with van der Waals surface area (Å²) in [5, 5.41) is 0. The summed E-state index contributed by atoms with van der Waals surface area (Å²) in [6.45, 7) is 5.32. The normalized spacial score (nSPS) is 22.8. The molecule has 2 heteroatoms. The van der Waals surface area contributed by atoms with Crippen molar-refractivity contribution >= 4 is 11.5 Å². The summed E-state index contributed by atoms with van der Waals surface area (Å²) >= 11 is 0. The predicted molar refractivity (Wildman–Crippen MR) is 71.8 cm³/mol. The standard InChI is InChI=1S/C15H16N2/c1-11-8-9-14-16-12(2)10-17(14)15(11)13-6-4-3-5-7-13/h3-9,12H,10H2,1-2H3. The van der Waals surface area contributed by atoms with Gasteiger partial charge in [0.1, 0.15) is 5.84 Å². The fourth-order valence-electron chi connectivity index (χ4n) is 2.50. The second-order valence-corrected chi connectivity index (χ2v) is 4.68. The first kappa shape index (κ1) is 10.3. The summed E-state index contributed by atoms with van der Waals surface area (Å²) in [6.07, 6.45) is 4.28. The first-order valence-electron chi connectivity index (χ1n) is 6.05. The van der Waals surface area contributed by atoms with Gasteiger partial charge in [0.25, 0.3) is 0 Å². The molecule has 1 unspecified atom stereocenters. The monoisotopic (exact) mass is 224 g/mol. The highest BCUT2D eigenvalue weighted by atomic mass is 15.3. The lowest BCUT2D eigenvalue weighted by Crippen LogP contribution is -2.28. The van der Waals surface area contributed by atoms with Gasteiger partial charge < -0.3 is 4.90 Å². The Balaban J connectivity index is 2.09. The first-order valence-corrected chi connectivity index (χ1v) is 6.05. The molecule has 0 amide bonds. The number of nitrogens with zero attached hydrogens (tertiary/aromatic N) is 2. The molecule has 0 fully saturated rings. The van der Waals surface area contributed by atoms with Crippen molar-refractivity contribution < 1.29 is 0 Å². The summed E-state index contributed by atoms with van der Waals surface area (Å²) in [6, 6.07) is 10.9. The lowest BCUT2D eigenvalue weighted by Gasteiger charge is -2.27. The minimum atomic E-state index is 0.388. The number of hydrogen-bond acceptors (Lipinski definition) is 2. The molecule has 3 rings (SSSR count). The van der Waals surface area contributed by atoms with E-state index in [0.29, 0.717) is 6.04 Å². The molecule has 0 saturated heterocycles. The Morgan fingerprint density at radius 1 is 1.18 bits per heavy atom. The molecule has 2 aliphatic heterocycles. The van der Waals surface area contributed by atoms with E-state index >= 15 is 0 Å². The van der Waals surface area contributed by atoms with Crippen LogP contribution < -0.4 is 0 Å². The lowest BCUT2D eigenvalue weighted by atomic mass is 10.0. The topological polar surface area (TPSA) is 15.6 Å². The van der Waals surface area contributed by atoms with Crippen LogP contribution in [0.25, 0.3) is 5.70 Å². The van der Waals surface area contributed by atoms with Crippen LogP contribution in [0.15, 0.2) is 53.0 Å². The Morgan fingerprint density at radius 3 is 2.71 bits per heavy atom. The third-order valence-corrected chi connectivity index (χ3v) is 3.25. The minimum Gasteiger partial charge on any atom is -0.324 e. The van der Waals surface area contributed by atoms with Gasteiger partial charge in [0.15, 0.2) is 0 Å². The van der Waals surface area contributed by atoms with Crippen LogP contribution in [0.3, 0.4) is 0 Å². The highest BCUT2D eigenvalue weighted by Gasteiger charge is 2.27. The molecule has 86 valence electrons. The van der Waals surface area contributed by atoms with Crippen LogP contribution in [0.4, 0.5) is 0 Å². The van der Waals surface area contributed by atoms with E-state index in [1.54, 1.807) is 0 Å². The van der Waals surface area contributed by atoms with E-state index in [1.807, 2.05) is 0 Å². The molecule has 0 N–H and O–H groups in total. The third-order valence-electron chi connectivity index (χ3n) is 3.25. The molecular weight excluding hydrogens is 208 g/mol. The average Bonchev–Trinajstić information content (AvgIpc) is 2.70. The molecule has 0 saturated carbocycles. The van der Waals surface area contributed by atoms with E-state index in [4.69, 9.17) is 0 Å². The zero-order valence-corrected chi connectivity index (χ0v) is 10.2. The maximum atomic E-state index is 4.64. The van der Waals surface area contributed by atoms with Crippen molar-refractivity contribution in [2.24, 2.45) is 4.99 Å². The van der Waals surface area contributed by atoms with Gasteiger partial charge in [-0.05, 0) is 31.1 Å². The molecule has 0 bridgehead atoms. The molecule has 0 radical (unpaired) electrons. The zero-order valence-electron chi connectivity index (χ0n) is 10.2. The van der Waals surface area contributed by atoms with Gasteiger partial charge in [0.05, 0.1) is 11.7 Å². The number of allylic oxidation sites excluding steroid dienone is 2. The molecule has 2 nitrogen and oxygen atoms in total. The van der Waals surface area contributed by atoms with Crippen LogP contribution in [0.5, 0.6) is 0 Å². The molecule has 0 aliphatic carbocycles. The molecule has 2 aliphatic rings. The van der Waals surface area contributed by atoms with E-state index in [0.717, 1.165) is 12.4 Å². The van der Waals surface area contributed by atoms with E-state index in [2.05, 4.69) is 66.2 Å². The van der Waals surface area contributed by atoms with Crippen molar-refractivity contribution in [1.82, 2.24) is 4.90 Å². The largest absolute Gasteiger partial charge is 0.324 e. The van der Waals surface area contributed by atoms with E-state index in [-0.39, 0.29) is 0 Å².